The monoisotopic (exact) mass is 263 g/mol. The summed E-state index contributed by atoms with van der Waals surface area (Å²) in [6.07, 6.45) is 0.405. The van der Waals surface area contributed by atoms with Gasteiger partial charge in [-0.05, 0) is 18.1 Å². The summed E-state index contributed by atoms with van der Waals surface area (Å²) in [4.78, 5) is 0.122. The molecule has 0 bridgehead atoms. The van der Waals surface area contributed by atoms with Gasteiger partial charge in [0.1, 0.15) is 0 Å². The molecule has 0 aliphatic carbocycles. The number of sulfonamides is 1. The average Bonchev–Trinajstić information content (AvgIpc) is 2.17. The number of hydrogen-bond acceptors (Lipinski definition) is 3. The van der Waals surface area contributed by atoms with Crippen LogP contribution in [-0.2, 0) is 21.2 Å². The van der Waals surface area contributed by atoms with Crippen LogP contribution in [0.15, 0.2) is 29.2 Å². The van der Waals surface area contributed by atoms with Gasteiger partial charge in [-0.25, -0.2) is 13.6 Å². The first-order valence-corrected chi connectivity index (χ1v) is 6.67. The molecule has 1 aromatic carbocycles. The molecule has 1 atom stereocenters. The van der Waals surface area contributed by atoms with Gasteiger partial charge in [-0.3, -0.25) is 0 Å². The van der Waals surface area contributed by atoms with Gasteiger partial charge in [-0.15, -0.1) is 11.6 Å². The van der Waals surface area contributed by atoms with E-state index >= 15 is 0 Å². The van der Waals surface area contributed by atoms with Crippen LogP contribution in [0.5, 0.6) is 0 Å². The summed E-state index contributed by atoms with van der Waals surface area (Å²) in [5.41, 5.74) is 0.613. The highest BCUT2D eigenvalue weighted by Crippen LogP contribution is 2.17. The zero-order valence-corrected chi connectivity index (χ0v) is 10.5. The summed E-state index contributed by atoms with van der Waals surface area (Å²) < 4.78 is 27.5. The number of hydrogen-bond donors (Lipinski definition) is 1. The summed E-state index contributed by atoms with van der Waals surface area (Å²) in [5.74, 6) is 0. The summed E-state index contributed by atoms with van der Waals surface area (Å²) >= 11 is 5.98. The normalized spacial score (nSPS) is 13.7. The number of ether oxygens (including phenoxy) is 1. The summed E-state index contributed by atoms with van der Waals surface area (Å²) in [6, 6.07) is 6.55. The molecule has 90 valence electrons. The van der Waals surface area contributed by atoms with Gasteiger partial charge < -0.3 is 4.74 Å². The maximum absolute atomic E-state index is 11.3. The zero-order chi connectivity index (χ0) is 12.2. The molecule has 0 aliphatic heterocycles. The molecule has 0 saturated heterocycles. The second-order valence-corrected chi connectivity index (χ2v) is 5.56. The Balaban J connectivity index is 2.96. The quantitative estimate of drug-likeness (QED) is 0.810. The van der Waals surface area contributed by atoms with Crippen molar-refractivity contribution in [3.05, 3.63) is 29.8 Å². The molecule has 1 rings (SSSR count). The first-order valence-electron chi connectivity index (χ1n) is 4.69. The lowest BCUT2D eigenvalue weighted by molar-refractivity contribution is 0.197. The van der Waals surface area contributed by atoms with E-state index in [1.807, 2.05) is 0 Å². The molecule has 0 radical (unpaired) electrons. The topological polar surface area (TPSA) is 69.4 Å². The number of alkyl halides is 1. The minimum atomic E-state index is -3.69. The zero-order valence-electron chi connectivity index (χ0n) is 8.89. The molecular formula is C10H14ClNO3S. The molecule has 1 unspecified atom stereocenters. The van der Waals surface area contributed by atoms with E-state index in [0.29, 0.717) is 18.6 Å². The molecule has 0 fully saturated rings. The van der Waals surface area contributed by atoms with E-state index in [1.165, 1.54) is 6.07 Å². The minimum absolute atomic E-state index is 0.122. The smallest absolute Gasteiger partial charge is 0.238 e. The third kappa shape index (κ3) is 3.75. The Bertz CT molecular complexity index is 447. The third-order valence-corrected chi connectivity index (χ3v) is 3.36. The summed E-state index contributed by atoms with van der Waals surface area (Å²) in [7, 11) is -2.15. The van der Waals surface area contributed by atoms with Crippen LogP contribution in [0, 0.1) is 0 Å². The molecule has 0 aliphatic rings. The highest BCUT2D eigenvalue weighted by Gasteiger charge is 2.15. The van der Waals surface area contributed by atoms with Crippen molar-refractivity contribution in [2.45, 2.75) is 16.7 Å². The van der Waals surface area contributed by atoms with Gasteiger partial charge in [0.25, 0.3) is 0 Å². The lowest BCUT2D eigenvalue weighted by Crippen LogP contribution is -2.17. The van der Waals surface area contributed by atoms with Gasteiger partial charge in [0.05, 0.1) is 16.9 Å². The first kappa shape index (κ1) is 13.4. The van der Waals surface area contributed by atoms with Crippen molar-refractivity contribution >= 4 is 21.6 Å². The fourth-order valence-electron chi connectivity index (χ4n) is 1.43. The van der Waals surface area contributed by atoms with Crippen LogP contribution < -0.4 is 5.14 Å². The van der Waals surface area contributed by atoms with E-state index in [0.717, 1.165) is 0 Å². The number of rotatable bonds is 5. The molecule has 4 nitrogen and oxygen atoms in total. The highest BCUT2D eigenvalue weighted by atomic mass is 35.5. The van der Waals surface area contributed by atoms with Crippen molar-refractivity contribution in [3.8, 4) is 0 Å². The van der Waals surface area contributed by atoms with Crippen LogP contribution in [0.4, 0.5) is 0 Å². The lowest BCUT2D eigenvalue weighted by atomic mass is 10.1. The van der Waals surface area contributed by atoms with Crippen LogP contribution in [-0.4, -0.2) is 27.5 Å². The Morgan fingerprint density at radius 3 is 2.62 bits per heavy atom. The van der Waals surface area contributed by atoms with Gasteiger partial charge in [0.2, 0.25) is 10.0 Å². The second kappa shape index (κ2) is 5.63. The van der Waals surface area contributed by atoms with Crippen molar-refractivity contribution in [2.24, 2.45) is 5.14 Å². The van der Waals surface area contributed by atoms with Gasteiger partial charge in [-0.2, -0.15) is 0 Å². The lowest BCUT2D eigenvalue weighted by Gasteiger charge is -2.11. The average molecular weight is 264 g/mol. The fraction of sp³-hybridized carbons (Fsp3) is 0.400. The molecule has 0 spiro atoms. The van der Waals surface area contributed by atoms with Crippen molar-refractivity contribution in [1.82, 2.24) is 0 Å². The third-order valence-electron chi connectivity index (χ3n) is 2.07. The Hall–Kier alpha value is -0.620. The Kier molecular flexibility index (Phi) is 4.73. The molecule has 6 heteroatoms. The van der Waals surface area contributed by atoms with Crippen LogP contribution in [0.2, 0.25) is 0 Å². The second-order valence-electron chi connectivity index (χ2n) is 3.41. The number of nitrogens with two attached hydrogens (primary N) is 1. The molecule has 0 saturated carbocycles. The van der Waals surface area contributed by atoms with Crippen molar-refractivity contribution in [3.63, 3.8) is 0 Å². The van der Waals surface area contributed by atoms with E-state index < -0.39 is 10.0 Å². The van der Waals surface area contributed by atoms with Crippen molar-refractivity contribution in [1.29, 1.82) is 0 Å². The van der Waals surface area contributed by atoms with E-state index in [-0.39, 0.29) is 10.3 Å². The number of primary sulfonamides is 1. The number of methoxy groups -OCH3 is 1. The number of benzene rings is 1. The highest BCUT2D eigenvalue weighted by molar-refractivity contribution is 7.89. The maximum atomic E-state index is 11.3. The van der Waals surface area contributed by atoms with Crippen LogP contribution >= 0.6 is 11.6 Å². The molecule has 0 aromatic heterocycles. The van der Waals surface area contributed by atoms with E-state index in [4.69, 9.17) is 21.5 Å². The van der Waals surface area contributed by atoms with Gasteiger partial charge in [0, 0.05) is 7.11 Å². The van der Waals surface area contributed by atoms with E-state index in [2.05, 4.69) is 0 Å². The number of halogens is 1. The standard InChI is InChI=1S/C10H14ClNO3S/c1-15-7-9(11)6-8-4-2-3-5-10(8)16(12,13)14/h2-5,9H,6-7H2,1H3,(H2,12,13,14). The summed E-state index contributed by atoms with van der Waals surface area (Å²) in [6.45, 7) is 0.362. The SMILES string of the molecule is COCC(Cl)Cc1ccccc1S(N)(=O)=O. The first-order chi connectivity index (χ1) is 7.45. The van der Waals surface area contributed by atoms with E-state index in [1.54, 1.807) is 25.3 Å². The molecule has 16 heavy (non-hydrogen) atoms. The largest absolute Gasteiger partial charge is 0.383 e. The maximum Gasteiger partial charge on any atom is 0.238 e. The Labute approximate surface area is 100 Å². The van der Waals surface area contributed by atoms with E-state index in [9.17, 15) is 8.42 Å². The van der Waals surface area contributed by atoms with Crippen molar-refractivity contribution < 1.29 is 13.2 Å². The molecular weight excluding hydrogens is 250 g/mol. The Morgan fingerprint density at radius 2 is 2.06 bits per heavy atom. The molecule has 2 N–H and O–H groups in total. The van der Waals surface area contributed by atoms with Gasteiger partial charge in [-0.1, -0.05) is 18.2 Å². The van der Waals surface area contributed by atoms with Crippen LogP contribution in [0.25, 0.3) is 0 Å². The van der Waals surface area contributed by atoms with Gasteiger partial charge in [0.15, 0.2) is 0 Å². The van der Waals surface area contributed by atoms with Crippen LogP contribution in [0.3, 0.4) is 0 Å². The molecule has 1 aromatic rings. The predicted octanol–water partition coefficient (Wildman–Crippen LogP) is 1.13. The molecule has 0 heterocycles. The van der Waals surface area contributed by atoms with Crippen LogP contribution in [0.1, 0.15) is 5.56 Å². The molecule has 0 amide bonds. The Morgan fingerprint density at radius 1 is 1.44 bits per heavy atom. The fourth-order valence-corrected chi connectivity index (χ4v) is 2.51. The minimum Gasteiger partial charge on any atom is -0.383 e. The van der Waals surface area contributed by atoms with Gasteiger partial charge >= 0.3 is 0 Å². The summed E-state index contributed by atoms with van der Waals surface area (Å²) in [5, 5.41) is 4.83. The predicted molar refractivity (Wildman–Crippen MR) is 63.0 cm³/mol. The van der Waals surface area contributed by atoms with Crippen molar-refractivity contribution in [2.75, 3.05) is 13.7 Å².